The van der Waals surface area contributed by atoms with Gasteiger partial charge in [-0.1, -0.05) is 19.1 Å². The van der Waals surface area contributed by atoms with Crippen LogP contribution < -0.4 is 16.0 Å². The molecule has 4 rings (SSSR count). The van der Waals surface area contributed by atoms with Gasteiger partial charge in [-0.2, -0.15) is 5.10 Å². The highest BCUT2D eigenvalue weighted by atomic mass is 19.1. The van der Waals surface area contributed by atoms with Crippen molar-refractivity contribution in [1.29, 1.82) is 0 Å². The van der Waals surface area contributed by atoms with E-state index in [2.05, 4.69) is 15.4 Å². The van der Waals surface area contributed by atoms with Gasteiger partial charge in [-0.25, -0.2) is 14.2 Å². The van der Waals surface area contributed by atoms with Crippen molar-refractivity contribution >= 4 is 29.4 Å². The zero-order valence-electron chi connectivity index (χ0n) is 22.1. The molecule has 10 nitrogen and oxygen atoms in total. The van der Waals surface area contributed by atoms with Crippen LogP contribution in [0.2, 0.25) is 0 Å². The Morgan fingerprint density at radius 2 is 1.92 bits per heavy atom. The van der Waals surface area contributed by atoms with Crippen LogP contribution in [0.3, 0.4) is 0 Å². The van der Waals surface area contributed by atoms with Gasteiger partial charge in [0.25, 0.3) is 5.91 Å². The van der Waals surface area contributed by atoms with Crippen LogP contribution in [-0.2, 0) is 23.1 Å². The maximum Gasteiger partial charge on any atom is 0.325 e. The van der Waals surface area contributed by atoms with E-state index < -0.39 is 35.8 Å². The fraction of sp³-hybridized carbons (Fsp3) is 0.370. The largest absolute Gasteiger partial charge is 0.384 e. The predicted octanol–water partition coefficient (Wildman–Crippen LogP) is 3.05. The third-order valence-electron chi connectivity index (χ3n) is 6.96. The summed E-state index contributed by atoms with van der Waals surface area (Å²) in [6.45, 7) is 5.21. The molecule has 1 aliphatic rings. The number of nitrogen functional groups attached to an aromatic ring is 1. The molecule has 1 saturated heterocycles. The van der Waals surface area contributed by atoms with Crippen LogP contribution in [0.5, 0.6) is 0 Å². The van der Waals surface area contributed by atoms with Crippen molar-refractivity contribution in [3.63, 3.8) is 0 Å². The molecule has 0 saturated carbocycles. The van der Waals surface area contributed by atoms with E-state index in [0.29, 0.717) is 29.1 Å². The summed E-state index contributed by atoms with van der Waals surface area (Å²) < 4.78 is 15.7. The number of hydrogen-bond acceptors (Lipinski definition) is 6. The number of hydrogen-bond donors (Lipinski definition) is 2. The van der Waals surface area contributed by atoms with E-state index in [9.17, 15) is 18.8 Å². The summed E-state index contributed by atoms with van der Waals surface area (Å²) in [6, 6.07) is 4.56. The van der Waals surface area contributed by atoms with Gasteiger partial charge in [0, 0.05) is 26.5 Å². The molecule has 2 aromatic heterocycles. The van der Waals surface area contributed by atoms with E-state index in [0.717, 1.165) is 16.0 Å². The number of pyridine rings is 1. The van der Waals surface area contributed by atoms with Crippen molar-refractivity contribution in [2.24, 2.45) is 13.0 Å². The van der Waals surface area contributed by atoms with Gasteiger partial charge in [0.2, 0.25) is 5.91 Å². The van der Waals surface area contributed by atoms with Gasteiger partial charge in [-0.3, -0.25) is 19.2 Å². The summed E-state index contributed by atoms with van der Waals surface area (Å²) in [5, 5.41) is 6.99. The number of imide groups is 1. The molecule has 1 fully saturated rings. The Morgan fingerprint density at radius 3 is 2.50 bits per heavy atom. The highest BCUT2D eigenvalue weighted by Crippen LogP contribution is 2.33. The van der Waals surface area contributed by atoms with Crippen molar-refractivity contribution in [2.45, 2.75) is 45.7 Å². The molecule has 3 heterocycles. The SMILES string of the molecule is CC[C@@H](NC(=O)N1C(=O)[C@H](Cc2ccnc(N)c2)[C@H]1C(=O)N(C)c1cnn(C)c1)c1cc(C)c(F)c(C)c1. The summed E-state index contributed by atoms with van der Waals surface area (Å²) in [7, 11) is 3.31. The summed E-state index contributed by atoms with van der Waals surface area (Å²) in [6.07, 6.45) is 5.48. The summed E-state index contributed by atoms with van der Waals surface area (Å²) in [5.74, 6) is -1.63. The molecule has 0 aliphatic carbocycles. The maximum absolute atomic E-state index is 14.2. The summed E-state index contributed by atoms with van der Waals surface area (Å²) >= 11 is 0. The third-order valence-corrected chi connectivity index (χ3v) is 6.96. The number of halogens is 1. The van der Waals surface area contributed by atoms with Crippen molar-refractivity contribution in [1.82, 2.24) is 25.0 Å². The lowest BCUT2D eigenvalue weighted by molar-refractivity contribution is -0.156. The first-order valence-electron chi connectivity index (χ1n) is 12.4. The third kappa shape index (κ3) is 5.09. The first kappa shape index (κ1) is 26.8. The Hall–Kier alpha value is -4.28. The smallest absolute Gasteiger partial charge is 0.325 e. The number of carbonyl (C=O) groups excluding carboxylic acids is 3. The lowest BCUT2D eigenvalue weighted by Crippen LogP contribution is -2.70. The monoisotopic (exact) mass is 521 g/mol. The normalized spacial score (nSPS) is 17.6. The number of nitrogens with two attached hydrogens (primary N) is 1. The fourth-order valence-electron chi connectivity index (χ4n) is 4.86. The number of rotatable bonds is 7. The Bertz CT molecular complexity index is 1370. The van der Waals surface area contributed by atoms with E-state index in [1.165, 1.54) is 17.3 Å². The summed E-state index contributed by atoms with van der Waals surface area (Å²) in [4.78, 5) is 46.8. The minimum absolute atomic E-state index is 0.222. The number of urea groups is 1. The van der Waals surface area contributed by atoms with Gasteiger partial charge in [0.05, 0.1) is 23.8 Å². The van der Waals surface area contributed by atoms with E-state index in [1.54, 1.807) is 63.1 Å². The molecule has 0 bridgehead atoms. The maximum atomic E-state index is 14.2. The Kier molecular flexibility index (Phi) is 7.47. The predicted molar refractivity (Wildman–Crippen MR) is 141 cm³/mol. The molecule has 200 valence electrons. The lowest BCUT2D eigenvalue weighted by Gasteiger charge is -2.46. The number of carbonyl (C=O) groups is 3. The van der Waals surface area contributed by atoms with Gasteiger partial charge >= 0.3 is 6.03 Å². The van der Waals surface area contributed by atoms with Crippen LogP contribution in [0.4, 0.5) is 20.7 Å². The van der Waals surface area contributed by atoms with Gasteiger partial charge < -0.3 is 16.0 Å². The number of likely N-dealkylation sites (N-methyl/N-ethyl adjacent to an activating group) is 1. The zero-order chi connectivity index (χ0) is 27.7. The molecule has 1 aliphatic heterocycles. The molecule has 0 spiro atoms. The van der Waals surface area contributed by atoms with Crippen molar-refractivity contribution in [3.05, 3.63) is 70.9 Å². The van der Waals surface area contributed by atoms with Crippen LogP contribution in [0, 0.1) is 25.6 Å². The zero-order valence-corrected chi connectivity index (χ0v) is 22.1. The molecule has 4 amide bonds. The molecule has 38 heavy (non-hydrogen) atoms. The van der Waals surface area contributed by atoms with Gasteiger partial charge in [0.1, 0.15) is 17.7 Å². The topological polar surface area (TPSA) is 126 Å². The number of benzene rings is 1. The second kappa shape index (κ2) is 10.6. The van der Waals surface area contributed by atoms with E-state index in [1.807, 2.05) is 6.92 Å². The van der Waals surface area contributed by atoms with E-state index >= 15 is 0 Å². The molecule has 1 aromatic carbocycles. The average Bonchev–Trinajstić information content (AvgIpc) is 3.32. The van der Waals surface area contributed by atoms with Crippen LogP contribution in [0.15, 0.2) is 42.9 Å². The molecule has 3 N–H and O–H groups in total. The van der Waals surface area contributed by atoms with Crippen LogP contribution in [-0.4, -0.2) is 50.6 Å². The Morgan fingerprint density at radius 1 is 1.24 bits per heavy atom. The number of nitrogens with zero attached hydrogens (tertiary/aromatic N) is 5. The number of aromatic nitrogens is 3. The molecule has 3 atom stereocenters. The number of anilines is 2. The molecule has 11 heteroatoms. The van der Waals surface area contributed by atoms with Gasteiger partial charge in [0.15, 0.2) is 0 Å². The highest BCUT2D eigenvalue weighted by molar-refractivity contribution is 6.12. The molecule has 0 unspecified atom stereocenters. The van der Waals surface area contributed by atoms with Crippen LogP contribution >= 0.6 is 0 Å². The summed E-state index contributed by atoms with van der Waals surface area (Å²) in [5.41, 5.74) is 8.74. The molecule has 3 aromatic rings. The lowest BCUT2D eigenvalue weighted by atomic mass is 9.81. The number of β-lactam (4-membered cyclic amide) rings is 1. The minimum Gasteiger partial charge on any atom is -0.384 e. The second-order valence-electron chi connectivity index (χ2n) is 9.70. The Labute approximate surface area is 220 Å². The van der Waals surface area contributed by atoms with Crippen molar-refractivity contribution in [2.75, 3.05) is 17.7 Å². The first-order valence-corrected chi connectivity index (χ1v) is 12.4. The minimum atomic E-state index is -1.03. The number of aryl methyl sites for hydroxylation is 3. The Balaban J connectivity index is 1.61. The fourth-order valence-corrected chi connectivity index (χ4v) is 4.86. The standard InChI is InChI=1S/C27H32FN7O3/c1-6-21(18-9-15(2)23(28)16(3)10-18)32-27(38)35-24(26(37)34(5)19-13-31-33(4)14-19)20(25(35)36)11-17-7-8-30-22(29)12-17/h7-10,12-14,20-21,24H,6,11H2,1-5H3,(H2,29,30)(H,32,38)/t20-,21-,24+/m1/s1. The first-order chi connectivity index (χ1) is 18.0. The number of nitrogens with one attached hydrogen (secondary N) is 1. The molecule has 0 radical (unpaired) electrons. The molecular formula is C27H32FN7O3. The number of likely N-dealkylation sites (tertiary alicyclic amines) is 1. The second-order valence-corrected chi connectivity index (χ2v) is 9.70. The van der Waals surface area contributed by atoms with E-state index in [-0.39, 0.29) is 12.2 Å². The van der Waals surface area contributed by atoms with E-state index in [4.69, 9.17) is 5.73 Å². The van der Waals surface area contributed by atoms with Crippen molar-refractivity contribution < 1.29 is 18.8 Å². The van der Waals surface area contributed by atoms with Crippen LogP contribution in [0.25, 0.3) is 0 Å². The van der Waals surface area contributed by atoms with Gasteiger partial charge in [-0.05, 0) is 61.1 Å². The molecular weight excluding hydrogens is 489 g/mol. The van der Waals surface area contributed by atoms with Gasteiger partial charge in [-0.15, -0.1) is 0 Å². The van der Waals surface area contributed by atoms with Crippen molar-refractivity contribution in [3.8, 4) is 0 Å². The van der Waals surface area contributed by atoms with Crippen LogP contribution in [0.1, 0.15) is 41.6 Å². The highest BCUT2D eigenvalue weighted by Gasteiger charge is 2.55. The average molecular weight is 522 g/mol. The number of amides is 4. The quantitative estimate of drug-likeness (QED) is 0.460.